The number of aromatic nitrogens is 1. The Hall–Kier alpha value is -6.90. The van der Waals surface area contributed by atoms with Crippen molar-refractivity contribution in [3.63, 3.8) is 0 Å². The van der Waals surface area contributed by atoms with Gasteiger partial charge in [-0.2, -0.15) is 0 Å². The van der Waals surface area contributed by atoms with Crippen LogP contribution in [-0.2, 0) is 0 Å². The predicted molar refractivity (Wildman–Crippen MR) is 221 cm³/mol. The highest BCUT2D eigenvalue weighted by Crippen LogP contribution is 2.40. The van der Waals surface area contributed by atoms with Gasteiger partial charge in [0.1, 0.15) is 0 Å². The molecule has 0 saturated heterocycles. The Labute approximate surface area is 303 Å². The van der Waals surface area contributed by atoms with Gasteiger partial charge in [0.15, 0.2) is 0 Å². The third-order valence-corrected chi connectivity index (χ3v) is 10.3. The van der Waals surface area contributed by atoms with Crippen LogP contribution in [-0.4, -0.2) is 4.57 Å². The topological polar surface area (TPSA) is 8.17 Å². The molecule has 0 saturated carbocycles. The zero-order chi connectivity index (χ0) is 34.4. The first kappa shape index (κ1) is 30.0. The Kier molecular flexibility index (Phi) is 7.18. The third kappa shape index (κ3) is 5.12. The summed E-state index contributed by atoms with van der Waals surface area (Å²) in [7, 11) is 0. The van der Waals surface area contributed by atoms with E-state index in [0.29, 0.717) is 0 Å². The monoisotopic (exact) mass is 662 g/mol. The van der Waals surface area contributed by atoms with Crippen molar-refractivity contribution in [2.24, 2.45) is 0 Å². The quantitative estimate of drug-likeness (QED) is 0.172. The Morgan fingerprint density at radius 2 is 0.846 bits per heavy atom. The van der Waals surface area contributed by atoms with Crippen LogP contribution in [0.4, 0.5) is 17.1 Å². The molecule has 0 amide bonds. The van der Waals surface area contributed by atoms with E-state index in [4.69, 9.17) is 0 Å². The SMILES string of the molecule is c1ccc(-c2ccc(N(c3ccc(-n4c5ccccc5c5ccc6ccccc6c54)cc3)c3ccc4ccc(-c5ccccc5)cc4c3)cc2)cc1. The zero-order valence-corrected chi connectivity index (χ0v) is 28.5. The van der Waals surface area contributed by atoms with Crippen molar-refractivity contribution in [3.05, 3.63) is 206 Å². The van der Waals surface area contributed by atoms with E-state index in [9.17, 15) is 0 Å². The summed E-state index contributed by atoms with van der Waals surface area (Å²) in [5.41, 5.74) is 11.7. The molecule has 244 valence electrons. The summed E-state index contributed by atoms with van der Waals surface area (Å²) in [6, 6.07) is 74.7. The largest absolute Gasteiger partial charge is 0.310 e. The third-order valence-electron chi connectivity index (χ3n) is 10.3. The fourth-order valence-corrected chi connectivity index (χ4v) is 7.81. The Balaban J connectivity index is 1.12. The van der Waals surface area contributed by atoms with Crippen LogP contribution in [0.5, 0.6) is 0 Å². The first-order valence-corrected chi connectivity index (χ1v) is 17.8. The first-order chi connectivity index (χ1) is 25.8. The molecule has 9 aromatic carbocycles. The van der Waals surface area contributed by atoms with Gasteiger partial charge < -0.3 is 9.47 Å². The van der Waals surface area contributed by atoms with Gasteiger partial charge in [-0.25, -0.2) is 0 Å². The molecule has 2 nitrogen and oxygen atoms in total. The van der Waals surface area contributed by atoms with Gasteiger partial charge in [0.25, 0.3) is 0 Å². The lowest BCUT2D eigenvalue weighted by molar-refractivity contribution is 1.18. The molecular formula is C50H34N2. The number of fused-ring (bicyclic) bond motifs is 6. The minimum absolute atomic E-state index is 1.10. The molecule has 0 atom stereocenters. The molecule has 10 rings (SSSR count). The molecule has 10 aromatic rings. The van der Waals surface area contributed by atoms with Gasteiger partial charge in [-0.05, 0) is 99.1 Å². The second kappa shape index (κ2) is 12.5. The molecule has 0 bridgehead atoms. The molecule has 52 heavy (non-hydrogen) atoms. The number of hydrogen-bond donors (Lipinski definition) is 0. The van der Waals surface area contributed by atoms with Crippen LogP contribution in [0.1, 0.15) is 0 Å². The molecule has 1 heterocycles. The molecule has 0 unspecified atom stereocenters. The molecule has 0 N–H and O–H groups in total. The van der Waals surface area contributed by atoms with Gasteiger partial charge in [0, 0.05) is 38.9 Å². The van der Waals surface area contributed by atoms with Crippen molar-refractivity contribution in [2.45, 2.75) is 0 Å². The number of benzene rings is 9. The number of rotatable bonds is 6. The van der Waals surface area contributed by atoms with Gasteiger partial charge in [0.2, 0.25) is 0 Å². The summed E-state index contributed by atoms with van der Waals surface area (Å²) in [5, 5.41) is 7.46. The fourth-order valence-electron chi connectivity index (χ4n) is 7.81. The molecule has 0 fully saturated rings. The second-order valence-corrected chi connectivity index (χ2v) is 13.4. The summed E-state index contributed by atoms with van der Waals surface area (Å²) < 4.78 is 2.43. The average Bonchev–Trinajstić information content (AvgIpc) is 3.57. The van der Waals surface area contributed by atoms with Crippen molar-refractivity contribution in [1.29, 1.82) is 0 Å². The lowest BCUT2D eigenvalue weighted by Gasteiger charge is -2.26. The zero-order valence-electron chi connectivity index (χ0n) is 28.5. The highest BCUT2D eigenvalue weighted by Gasteiger charge is 2.17. The summed E-state index contributed by atoms with van der Waals surface area (Å²) in [5.74, 6) is 0. The molecule has 0 aliphatic heterocycles. The average molecular weight is 663 g/mol. The van der Waals surface area contributed by atoms with E-state index >= 15 is 0 Å². The van der Waals surface area contributed by atoms with E-state index in [1.54, 1.807) is 0 Å². The highest BCUT2D eigenvalue weighted by atomic mass is 15.1. The van der Waals surface area contributed by atoms with E-state index in [-0.39, 0.29) is 0 Å². The van der Waals surface area contributed by atoms with Crippen molar-refractivity contribution >= 4 is 60.4 Å². The van der Waals surface area contributed by atoms with Gasteiger partial charge in [-0.1, -0.05) is 146 Å². The second-order valence-electron chi connectivity index (χ2n) is 13.4. The van der Waals surface area contributed by atoms with Crippen LogP contribution in [0.2, 0.25) is 0 Å². The van der Waals surface area contributed by atoms with E-state index in [2.05, 4.69) is 216 Å². The minimum atomic E-state index is 1.10. The van der Waals surface area contributed by atoms with Crippen molar-refractivity contribution < 1.29 is 0 Å². The molecule has 1 aromatic heterocycles. The summed E-state index contributed by atoms with van der Waals surface area (Å²) >= 11 is 0. The first-order valence-electron chi connectivity index (χ1n) is 17.8. The maximum Gasteiger partial charge on any atom is 0.0619 e. The van der Waals surface area contributed by atoms with Crippen LogP contribution in [0, 0.1) is 0 Å². The van der Waals surface area contributed by atoms with E-state index < -0.39 is 0 Å². The fraction of sp³-hybridized carbons (Fsp3) is 0. The highest BCUT2D eigenvalue weighted by molar-refractivity contribution is 6.18. The minimum Gasteiger partial charge on any atom is -0.310 e. The lowest BCUT2D eigenvalue weighted by Crippen LogP contribution is -2.10. The van der Waals surface area contributed by atoms with Gasteiger partial charge in [0.05, 0.1) is 11.0 Å². The smallest absolute Gasteiger partial charge is 0.0619 e. The summed E-state index contributed by atoms with van der Waals surface area (Å²) in [4.78, 5) is 2.37. The maximum absolute atomic E-state index is 2.43. The lowest BCUT2D eigenvalue weighted by atomic mass is 10.0. The number of para-hydroxylation sites is 1. The van der Waals surface area contributed by atoms with Crippen LogP contribution in [0.15, 0.2) is 206 Å². The van der Waals surface area contributed by atoms with Crippen LogP contribution in [0.25, 0.3) is 71.3 Å². The molecular weight excluding hydrogens is 629 g/mol. The molecule has 0 aliphatic rings. The van der Waals surface area contributed by atoms with Crippen molar-refractivity contribution in [1.82, 2.24) is 4.57 Å². The number of nitrogens with zero attached hydrogens (tertiary/aromatic N) is 2. The van der Waals surface area contributed by atoms with Gasteiger partial charge >= 0.3 is 0 Å². The molecule has 0 spiro atoms. The Morgan fingerprint density at radius 1 is 0.308 bits per heavy atom. The van der Waals surface area contributed by atoms with Crippen LogP contribution >= 0.6 is 0 Å². The van der Waals surface area contributed by atoms with E-state index in [1.165, 1.54) is 65.6 Å². The maximum atomic E-state index is 2.43. The number of hydrogen-bond acceptors (Lipinski definition) is 1. The molecule has 0 radical (unpaired) electrons. The Bertz CT molecular complexity index is 2870. The summed E-state index contributed by atoms with van der Waals surface area (Å²) in [6.07, 6.45) is 0. The van der Waals surface area contributed by atoms with E-state index in [1.807, 2.05) is 0 Å². The van der Waals surface area contributed by atoms with Crippen LogP contribution in [0.3, 0.4) is 0 Å². The molecule has 0 aliphatic carbocycles. The predicted octanol–water partition coefficient (Wildman–Crippen LogP) is 13.9. The Morgan fingerprint density at radius 3 is 1.60 bits per heavy atom. The molecule has 2 heteroatoms. The number of anilines is 3. The van der Waals surface area contributed by atoms with Crippen molar-refractivity contribution in [3.8, 4) is 27.9 Å². The van der Waals surface area contributed by atoms with Gasteiger partial charge in [-0.15, -0.1) is 0 Å². The van der Waals surface area contributed by atoms with Crippen molar-refractivity contribution in [2.75, 3.05) is 4.90 Å². The standard InChI is InChI=1S/C50H34N2/c1-3-11-35(12-4-1)37-21-25-42(26-22-37)51(45-27-23-38-19-20-40(33-41(38)34-45)36-13-5-2-6-14-36)43-28-30-44(31-29-43)52-49-18-10-9-17-47(49)48-32-24-39-15-7-8-16-46(39)50(48)52/h1-34H. The van der Waals surface area contributed by atoms with Gasteiger partial charge in [-0.3, -0.25) is 0 Å². The van der Waals surface area contributed by atoms with E-state index in [0.717, 1.165) is 22.7 Å². The normalized spacial score (nSPS) is 11.5. The van der Waals surface area contributed by atoms with Crippen LogP contribution < -0.4 is 4.90 Å². The summed E-state index contributed by atoms with van der Waals surface area (Å²) in [6.45, 7) is 0.